The van der Waals surface area contributed by atoms with Crippen LogP contribution in [0.5, 0.6) is 0 Å². The highest BCUT2D eigenvalue weighted by Gasteiger charge is 2.20. The van der Waals surface area contributed by atoms with Crippen LogP contribution in [0.15, 0.2) is 54.6 Å². The van der Waals surface area contributed by atoms with Crippen LogP contribution in [0.1, 0.15) is 12.5 Å². The van der Waals surface area contributed by atoms with Crippen molar-refractivity contribution < 1.29 is 18.0 Å². The molecule has 2 amide bonds. The van der Waals surface area contributed by atoms with Crippen molar-refractivity contribution in [3.8, 4) is 0 Å². The van der Waals surface area contributed by atoms with Gasteiger partial charge in [-0.25, -0.2) is 8.42 Å². The Balaban J connectivity index is 1.96. The molecular formula is C19H23N3O4S. The number of benzene rings is 2. The lowest BCUT2D eigenvalue weighted by Gasteiger charge is -2.19. The number of carbonyl (C=O) groups is 2. The Morgan fingerprint density at radius 3 is 2.00 bits per heavy atom. The highest BCUT2D eigenvalue weighted by Crippen LogP contribution is 2.14. The molecule has 0 unspecified atom stereocenters. The van der Waals surface area contributed by atoms with Gasteiger partial charge in [-0.1, -0.05) is 30.3 Å². The largest absolute Gasteiger partial charge is 0.326 e. The van der Waals surface area contributed by atoms with Crippen LogP contribution in [-0.2, 0) is 26.0 Å². The molecule has 0 saturated carbocycles. The van der Waals surface area contributed by atoms with E-state index in [-0.39, 0.29) is 19.0 Å². The Kier molecular flexibility index (Phi) is 7.09. The molecule has 144 valence electrons. The molecule has 0 bridgehead atoms. The van der Waals surface area contributed by atoms with Gasteiger partial charge < -0.3 is 10.6 Å². The van der Waals surface area contributed by atoms with Crippen molar-refractivity contribution in [1.29, 1.82) is 0 Å². The van der Waals surface area contributed by atoms with E-state index in [0.29, 0.717) is 17.8 Å². The molecule has 0 aliphatic carbocycles. The van der Waals surface area contributed by atoms with Crippen molar-refractivity contribution >= 4 is 33.2 Å². The average Bonchev–Trinajstić information content (AvgIpc) is 2.60. The van der Waals surface area contributed by atoms with E-state index in [1.807, 2.05) is 30.3 Å². The first-order valence-corrected chi connectivity index (χ1v) is 10.3. The molecule has 0 atom stereocenters. The SMILES string of the molecule is CC(=O)Nc1ccc(NC(=O)CN(CCc2ccccc2)S(C)(=O)=O)cc1. The van der Waals surface area contributed by atoms with Crippen LogP contribution in [-0.4, -0.2) is 43.9 Å². The molecule has 0 aromatic heterocycles. The molecule has 2 aromatic carbocycles. The highest BCUT2D eigenvalue weighted by molar-refractivity contribution is 7.88. The van der Waals surface area contributed by atoms with Crippen LogP contribution in [0.25, 0.3) is 0 Å². The van der Waals surface area contributed by atoms with Crippen molar-refractivity contribution in [1.82, 2.24) is 4.31 Å². The minimum absolute atomic E-state index is 0.186. The van der Waals surface area contributed by atoms with Gasteiger partial charge in [0.2, 0.25) is 21.8 Å². The quantitative estimate of drug-likeness (QED) is 0.723. The summed E-state index contributed by atoms with van der Waals surface area (Å²) >= 11 is 0. The smallest absolute Gasteiger partial charge is 0.239 e. The van der Waals surface area contributed by atoms with Crippen LogP contribution in [0, 0.1) is 0 Å². The second-order valence-corrected chi connectivity index (χ2v) is 8.12. The van der Waals surface area contributed by atoms with Gasteiger partial charge in [0.05, 0.1) is 12.8 Å². The molecule has 2 rings (SSSR count). The minimum Gasteiger partial charge on any atom is -0.326 e. The first-order chi connectivity index (χ1) is 12.7. The lowest BCUT2D eigenvalue weighted by molar-refractivity contribution is -0.116. The van der Waals surface area contributed by atoms with E-state index in [0.717, 1.165) is 16.1 Å². The van der Waals surface area contributed by atoms with Crippen LogP contribution in [0.3, 0.4) is 0 Å². The van der Waals surface area contributed by atoms with Gasteiger partial charge in [-0.3, -0.25) is 9.59 Å². The van der Waals surface area contributed by atoms with Crippen molar-refractivity contribution in [3.63, 3.8) is 0 Å². The normalized spacial score (nSPS) is 11.2. The lowest BCUT2D eigenvalue weighted by atomic mass is 10.1. The highest BCUT2D eigenvalue weighted by atomic mass is 32.2. The number of nitrogens with one attached hydrogen (secondary N) is 2. The molecule has 2 N–H and O–H groups in total. The molecule has 0 aliphatic rings. The Morgan fingerprint density at radius 1 is 0.926 bits per heavy atom. The topological polar surface area (TPSA) is 95.6 Å². The molecule has 0 radical (unpaired) electrons. The molecule has 27 heavy (non-hydrogen) atoms. The first-order valence-electron chi connectivity index (χ1n) is 8.40. The van der Waals surface area contributed by atoms with Gasteiger partial charge in [-0.15, -0.1) is 0 Å². The Bertz CT molecular complexity index is 881. The fourth-order valence-corrected chi connectivity index (χ4v) is 3.24. The summed E-state index contributed by atoms with van der Waals surface area (Å²) < 4.78 is 25.1. The summed E-state index contributed by atoms with van der Waals surface area (Å²) in [5, 5.41) is 5.30. The molecule has 0 saturated heterocycles. The van der Waals surface area contributed by atoms with Crippen LogP contribution >= 0.6 is 0 Å². The van der Waals surface area contributed by atoms with Crippen LogP contribution in [0.2, 0.25) is 0 Å². The standard InChI is InChI=1S/C19H23N3O4S/c1-15(23)20-17-8-10-18(11-9-17)21-19(24)14-22(27(2,25)26)13-12-16-6-4-3-5-7-16/h3-11H,12-14H2,1-2H3,(H,20,23)(H,21,24). The maximum absolute atomic E-state index is 12.3. The van der Waals surface area contributed by atoms with Crippen molar-refractivity contribution in [2.75, 3.05) is 30.0 Å². The van der Waals surface area contributed by atoms with E-state index in [1.165, 1.54) is 6.92 Å². The third kappa shape index (κ3) is 7.20. The monoisotopic (exact) mass is 389 g/mol. The Morgan fingerprint density at radius 2 is 1.48 bits per heavy atom. The van der Waals surface area contributed by atoms with Gasteiger partial charge in [-0.2, -0.15) is 4.31 Å². The van der Waals surface area contributed by atoms with Gasteiger partial charge in [-0.05, 0) is 36.2 Å². The number of hydrogen-bond donors (Lipinski definition) is 2. The number of nitrogens with zero attached hydrogens (tertiary/aromatic N) is 1. The van der Waals surface area contributed by atoms with Crippen LogP contribution in [0.4, 0.5) is 11.4 Å². The molecule has 0 spiro atoms. The molecular weight excluding hydrogens is 366 g/mol. The molecule has 7 nitrogen and oxygen atoms in total. The second kappa shape index (κ2) is 9.29. The summed E-state index contributed by atoms with van der Waals surface area (Å²) in [5.41, 5.74) is 2.13. The van der Waals surface area contributed by atoms with Crippen molar-refractivity contribution in [2.45, 2.75) is 13.3 Å². The summed E-state index contributed by atoms with van der Waals surface area (Å²) in [7, 11) is -3.52. The van der Waals surface area contributed by atoms with E-state index in [2.05, 4.69) is 10.6 Å². The fourth-order valence-electron chi connectivity index (χ4n) is 2.46. The van der Waals surface area contributed by atoms with Gasteiger partial charge in [0, 0.05) is 24.8 Å². The summed E-state index contributed by atoms with van der Waals surface area (Å²) in [6, 6.07) is 16.1. The maximum Gasteiger partial charge on any atom is 0.239 e. The molecule has 0 aliphatic heterocycles. The third-order valence-electron chi connectivity index (χ3n) is 3.77. The summed E-state index contributed by atoms with van der Waals surface area (Å²) in [4.78, 5) is 23.3. The summed E-state index contributed by atoms with van der Waals surface area (Å²) in [6.07, 6.45) is 1.61. The lowest BCUT2D eigenvalue weighted by Crippen LogP contribution is -2.38. The van der Waals surface area contributed by atoms with E-state index >= 15 is 0 Å². The van der Waals surface area contributed by atoms with Gasteiger partial charge >= 0.3 is 0 Å². The zero-order valence-electron chi connectivity index (χ0n) is 15.3. The minimum atomic E-state index is -3.52. The number of sulfonamides is 1. The molecule has 8 heteroatoms. The number of rotatable bonds is 8. The zero-order chi connectivity index (χ0) is 19.9. The molecule has 0 heterocycles. The van der Waals surface area contributed by atoms with Gasteiger partial charge in [0.1, 0.15) is 0 Å². The Hall–Kier alpha value is -2.71. The average molecular weight is 389 g/mol. The zero-order valence-corrected chi connectivity index (χ0v) is 16.1. The predicted octanol–water partition coefficient (Wildman–Crippen LogP) is 2.09. The molecule has 2 aromatic rings. The summed E-state index contributed by atoms with van der Waals surface area (Å²) in [6.45, 7) is 1.36. The number of hydrogen-bond acceptors (Lipinski definition) is 4. The Labute approximate surface area is 159 Å². The van der Waals surface area contributed by atoms with E-state index < -0.39 is 15.9 Å². The van der Waals surface area contributed by atoms with Crippen molar-refractivity contribution in [2.24, 2.45) is 0 Å². The van der Waals surface area contributed by atoms with Crippen molar-refractivity contribution in [3.05, 3.63) is 60.2 Å². The molecule has 0 fully saturated rings. The van der Waals surface area contributed by atoms with E-state index in [9.17, 15) is 18.0 Å². The maximum atomic E-state index is 12.3. The van der Waals surface area contributed by atoms with E-state index in [4.69, 9.17) is 0 Å². The second-order valence-electron chi connectivity index (χ2n) is 6.14. The summed E-state index contributed by atoms with van der Waals surface area (Å²) in [5.74, 6) is -0.616. The number of amides is 2. The van der Waals surface area contributed by atoms with Crippen LogP contribution < -0.4 is 10.6 Å². The number of carbonyl (C=O) groups excluding carboxylic acids is 2. The van der Waals surface area contributed by atoms with Gasteiger partial charge in [0.15, 0.2) is 0 Å². The fraction of sp³-hybridized carbons (Fsp3) is 0.263. The van der Waals surface area contributed by atoms with Gasteiger partial charge in [0.25, 0.3) is 0 Å². The number of anilines is 2. The van der Waals surface area contributed by atoms with E-state index in [1.54, 1.807) is 24.3 Å². The third-order valence-corrected chi connectivity index (χ3v) is 5.02. The predicted molar refractivity (Wildman–Crippen MR) is 106 cm³/mol. The first kappa shape index (κ1) is 20.6.